The fraction of sp³-hybridized carbons (Fsp3) is 0.833. The van der Waals surface area contributed by atoms with Crippen molar-refractivity contribution in [2.24, 2.45) is 5.16 Å². The summed E-state index contributed by atoms with van der Waals surface area (Å²) < 4.78 is 4.97. The van der Waals surface area contributed by atoms with E-state index in [4.69, 9.17) is 9.57 Å². The van der Waals surface area contributed by atoms with Crippen LogP contribution in [0.2, 0.25) is 0 Å². The standard InChI is InChI=1S/C6H13NO2/c1-4-8-6(3)7-9-5-2/h4-5H2,1-3H3/b7-6+. The zero-order valence-corrected chi connectivity index (χ0v) is 6.18. The molecule has 0 aromatic carbocycles. The third-order valence-electron chi connectivity index (χ3n) is 0.675. The molecule has 0 aliphatic carbocycles. The van der Waals surface area contributed by atoms with Gasteiger partial charge in [0.15, 0.2) is 0 Å². The number of hydrogen-bond acceptors (Lipinski definition) is 3. The molecule has 0 rings (SSSR count). The minimum absolute atomic E-state index is 0.583. The van der Waals surface area contributed by atoms with E-state index in [1.54, 1.807) is 6.92 Å². The molecule has 0 aromatic heterocycles. The average molecular weight is 131 g/mol. The Morgan fingerprint density at radius 1 is 1.33 bits per heavy atom. The minimum atomic E-state index is 0.583. The molecule has 0 bridgehead atoms. The smallest absolute Gasteiger partial charge is 0.222 e. The van der Waals surface area contributed by atoms with Crippen LogP contribution in [0, 0.1) is 0 Å². The highest BCUT2D eigenvalue weighted by Crippen LogP contribution is 1.82. The first-order valence-corrected chi connectivity index (χ1v) is 3.10. The lowest BCUT2D eigenvalue weighted by Gasteiger charge is -1.99. The molecule has 0 amide bonds. The van der Waals surface area contributed by atoms with Crippen LogP contribution in [0.4, 0.5) is 0 Å². The van der Waals surface area contributed by atoms with Gasteiger partial charge in [-0.15, -0.1) is 0 Å². The number of hydrogen-bond donors (Lipinski definition) is 0. The molecule has 0 N–H and O–H groups in total. The van der Waals surface area contributed by atoms with Crippen LogP contribution in [0.25, 0.3) is 0 Å². The number of nitrogens with zero attached hydrogens (tertiary/aromatic N) is 1. The Balaban J connectivity index is 3.30. The van der Waals surface area contributed by atoms with Crippen LogP contribution in [0.1, 0.15) is 20.8 Å². The van der Waals surface area contributed by atoms with Crippen molar-refractivity contribution < 1.29 is 9.57 Å². The molecule has 0 aliphatic heterocycles. The Hall–Kier alpha value is -0.730. The summed E-state index contributed by atoms with van der Waals surface area (Å²) >= 11 is 0. The van der Waals surface area contributed by atoms with Gasteiger partial charge in [0.2, 0.25) is 5.90 Å². The quantitative estimate of drug-likeness (QED) is 0.329. The first-order chi connectivity index (χ1) is 4.31. The van der Waals surface area contributed by atoms with Gasteiger partial charge in [0, 0.05) is 6.92 Å². The number of rotatable bonds is 3. The van der Waals surface area contributed by atoms with Crippen LogP contribution < -0.4 is 0 Å². The maximum atomic E-state index is 4.97. The van der Waals surface area contributed by atoms with Gasteiger partial charge in [0.25, 0.3) is 0 Å². The summed E-state index contributed by atoms with van der Waals surface area (Å²) in [6, 6.07) is 0. The lowest BCUT2D eigenvalue weighted by Crippen LogP contribution is -1.99. The van der Waals surface area contributed by atoms with Crippen molar-refractivity contribution in [2.45, 2.75) is 20.8 Å². The van der Waals surface area contributed by atoms with Crippen molar-refractivity contribution in [1.82, 2.24) is 0 Å². The second kappa shape index (κ2) is 5.41. The second-order valence-electron chi connectivity index (χ2n) is 1.46. The van der Waals surface area contributed by atoms with Crippen LogP contribution in [-0.2, 0) is 9.57 Å². The topological polar surface area (TPSA) is 30.8 Å². The molecule has 0 aromatic rings. The van der Waals surface area contributed by atoms with Crippen LogP contribution >= 0.6 is 0 Å². The van der Waals surface area contributed by atoms with E-state index in [0.717, 1.165) is 0 Å². The summed E-state index contributed by atoms with van der Waals surface area (Å²) in [5.74, 6) is 0.583. The first-order valence-electron chi connectivity index (χ1n) is 3.10. The molecule has 0 saturated carbocycles. The third-order valence-corrected chi connectivity index (χ3v) is 0.675. The maximum absolute atomic E-state index is 4.97. The fourth-order valence-electron chi connectivity index (χ4n) is 0.391. The molecule has 0 heterocycles. The van der Waals surface area contributed by atoms with Crippen LogP contribution in [-0.4, -0.2) is 19.1 Å². The average Bonchev–Trinajstić information content (AvgIpc) is 1.85. The second-order valence-corrected chi connectivity index (χ2v) is 1.46. The monoisotopic (exact) mass is 131 g/mol. The van der Waals surface area contributed by atoms with Crippen molar-refractivity contribution in [2.75, 3.05) is 13.2 Å². The van der Waals surface area contributed by atoms with Crippen LogP contribution in [0.5, 0.6) is 0 Å². The molecule has 0 spiro atoms. The minimum Gasteiger partial charge on any atom is -0.479 e. The molecule has 3 nitrogen and oxygen atoms in total. The summed E-state index contributed by atoms with van der Waals surface area (Å²) in [5, 5.41) is 3.63. The van der Waals surface area contributed by atoms with E-state index in [1.807, 2.05) is 13.8 Å². The van der Waals surface area contributed by atoms with Gasteiger partial charge in [0.1, 0.15) is 6.61 Å². The van der Waals surface area contributed by atoms with Crippen LogP contribution in [0.15, 0.2) is 5.16 Å². The summed E-state index contributed by atoms with van der Waals surface area (Å²) in [5.41, 5.74) is 0. The summed E-state index contributed by atoms with van der Waals surface area (Å²) in [6.07, 6.45) is 0. The van der Waals surface area contributed by atoms with Crippen molar-refractivity contribution in [3.05, 3.63) is 0 Å². The molecule has 54 valence electrons. The van der Waals surface area contributed by atoms with E-state index in [0.29, 0.717) is 19.1 Å². The lowest BCUT2D eigenvalue weighted by molar-refractivity contribution is 0.145. The Bertz CT molecular complexity index is 91.1. The highest BCUT2D eigenvalue weighted by atomic mass is 16.6. The van der Waals surface area contributed by atoms with E-state index in [2.05, 4.69) is 5.16 Å². The highest BCUT2D eigenvalue weighted by molar-refractivity contribution is 5.72. The zero-order valence-electron chi connectivity index (χ0n) is 6.18. The Morgan fingerprint density at radius 3 is 2.44 bits per heavy atom. The molecule has 0 aliphatic rings. The highest BCUT2D eigenvalue weighted by Gasteiger charge is 1.85. The third kappa shape index (κ3) is 5.14. The SMILES string of the molecule is CCO/N=C(\C)OCC. The lowest BCUT2D eigenvalue weighted by atomic mass is 10.7. The zero-order chi connectivity index (χ0) is 7.11. The van der Waals surface area contributed by atoms with Crippen LogP contribution in [0.3, 0.4) is 0 Å². The maximum Gasteiger partial charge on any atom is 0.222 e. The van der Waals surface area contributed by atoms with E-state index >= 15 is 0 Å². The summed E-state index contributed by atoms with van der Waals surface area (Å²) in [4.78, 5) is 4.71. The molecule has 0 atom stereocenters. The predicted octanol–water partition coefficient (Wildman–Crippen LogP) is 1.39. The Labute approximate surface area is 55.6 Å². The van der Waals surface area contributed by atoms with E-state index in [9.17, 15) is 0 Å². The fourth-order valence-corrected chi connectivity index (χ4v) is 0.391. The Kier molecular flexibility index (Phi) is 4.97. The van der Waals surface area contributed by atoms with Gasteiger partial charge in [-0.1, -0.05) is 5.16 Å². The number of ether oxygens (including phenoxy) is 1. The van der Waals surface area contributed by atoms with Crippen molar-refractivity contribution in [3.63, 3.8) is 0 Å². The normalized spacial score (nSPS) is 11.2. The molecule has 0 saturated heterocycles. The van der Waals surface area contributed by atoms with E-state index in [1.165, 1.54) is 0 Å². The largest absolute Gasteiger partial charge is 0.479 e. The predicted molar refractivity (Wildman–Crippen MR) is 36.4 cm³/mol. The van der Waals surface area contributed by atoms with Gasteiger partial charge in [-0.25, -0.2) is 0 Å². The summed E-state index contributed by atoms with van der Waals surface area (Å²) in [7, 11) is 0. The molecule has 3 heteroatoms. The molecule has 0 fully saturated rings. The molecular formula is C6H13NO2. The van der Waals surface area contributed by atoms with E-state index in [-0.39, 0.29) is 0 Å². The molecular weight excluding hydrogens is 118 g/mol. The van der Waals surface area contributed by atoms with Crippen molar-refractivity contribution >= 4 is 5.90 Å². The van der Waals surface area contributed by atoms with Gasteiger partial charge in [-0.05, 0) is 13.8 Å². The van der Waals surface area contributed by atoms with Gasteiger partial charge < -0.3 is 9.57 Å². The molecule has 0 radical (unpaired) electrons. The van der Waals surface area contributed by atoms with Gasteiger partial charge in [-0.2, -0.15) is 0 Å². The first kappa shape index (κ1) is 8.27. The molecule has 0 unspecified atom stereocenters. The van der Waals surface area contributed by atoms with Gasteiger partial charge in [-0.3, -0.25) is 0 Å². The van der Waals surface area contributed by atoms with E-state index < -0.39 is 0 Å². The molecule has 9 heavy (non-hydrogen) atoms. The summed E-state index contributed by atoms with van der Waals surface area (Å²) in [6.45, 7) is 6.78. The van der Waals surface area contributed by atoms with Gasteiger partial charge in [0.05, 0.1) is 6.61 Å². The number of oxime groups is 1. The van der Waals surface area contributed by atoms with Gasteiger partial charge >= 0.3 is 0 Å². The Morgan fingerprint density at radius 2 is 2.00 bits per heavy atom. The van der Waals surface area contributed by atoms with Crippen molar-refractivity contribution in [1.29, 1.82) is 0 Å². The van der Waals surface area contributed by atoms with Crippen molar-refractivity contribution in [3.8, 4) is 0 Å².